The van der Waals surface area contributed by atoms with Crippen molar-refractivity contribution in [2.75, 3.05) is 19.6 Å². The highest BCUT2D eigenvalue weighted by Crippen LogP contribution is 2.25. The second-order valence-electron chi connectivity index (χ2n) is 4.45. The monoisotopic (exact) mass is 348 g/mol. The molecular weight excluding hydrogens is 331 g/mol. The van der Waals surface area contributed by atoms with E-state index in [-0.39, 0.29) is 0 Å². The van der Waals surface area contributed by atoms with Crippen LogP contribution < -0.4 is 0 Å². The molecule has 0 radical (unpaired) electrons. The van der Waals surface area contributed by atoms with E-state index in [0.29, 0.717) is 11.7 Å². The summed E-state index contributed by atoms with van der Waals surface area (Å²) in [5.41, 5.74) is 0.414. The number of hydrogen-bond acceptors (Lipinski definition) is 2. The molecular formula is C12H17IN2O2. The van der Waals surface area contributed by atoms with E-state index >= 15 is 0 Å². The Bertz CT molecular complexity index is 417. The van der Waals surface area contributed by atoms with Crippen molar-refractivity contribution in [1.29, 1.82) is 0 Å². The maximum atomic E-state index is 11.2. The topological polar surface area (TPSA) is 45.5 Å². The molecule has 1 aliphatic heterocycles. The summed E-state index contributed by atoms with van der Waals surface area (Å²) in [6, 6.07) is 2.05. The van der Waals surface area contributed by atoms with Crippen LogP contribution in [-0.2, 0) is 0 Å². The number of likely N-dealkylation sites (tertiary alicyclic amines) is 1. The lowest BCUT2D eigenvalue weighted by Gasteiger charge is -2.33. The number of likely N-dealkylation sites (N-methyl/N-ethyl adjacent to an activating group) is 1. The van der Waals surface area contributed by atoms with Gasteiger partial charge in [0.1, 0.15) is 5.69 Å². The number of halogens is 1. The summed E-state index contributed by atoms with van der Waals surface area (Å²) < 4.78 is 2.93. The van der Waals surface area contributed by atoms with Gasteiger partial charge in [0, 0.05) is 22.4 Å². The number of aromatic carboxylic acids is 1. The SMILES string of the molecule is CCN1CCCC(n2cc(I)cc2C(=O)O)C1. The molecule has 1 saturated heterocycles. The van der Waals surface area contributed by atoms with Gasteiger partial charge in [-0.15, -0.1) is 0 Å². The molecule has 1 aromatic rings. The van der Waals surface area contributed by atoms with E-state index in [1.165, 1.54) is 0 Å². The van der Waals surface area contributed by atoms with Crippen molar-refractivity contribution in [1.82, 2.24) is 9.47 Å². The summed E-state index contributed by atoms with van der Waals surface area (Å²) in [5, 5.41) is 9.19. The molecule has 1 unspecified atom stereocenters. The maximum absolute atomic E-state index is 11.2. The summed E-state index contributed by atoms with van der Waals surface area (Å²) in [4.78, 5) is 13.6. The van der Waals surface area contributed by atoms with Gasteiger partial charge in [0.25, 0.3) is 0 Å². The van der Waals surface area contributed by atoms with Crippen molar-refractivity contribution in [3.05, 3.63) is 21.5 Å². The molecule has 0 saturated carbocycles. The fraction of sp³-hybridized carbons (Fsp3) is 0.583. The van der Waals surface area contributed by atoms with Crippen LogP contribution in [0.3, 0.4) is 0 Å². The van der Waals surface area contributed by atoms with Gasteiger partial charge in [0.2, 0.25) is 0 Å². The average molecular weight is 348 g/mol. The number of carboxylic acid groups (broad SMARTS) is 1. The Labute approximate surface area is 115 Å². The summed E-state index contributed by atoms with van der Waals surface area (Å²) >= 11 is 2.17. The van der Waals surface area contributed by atoms with E-state index in [2.05, 4.69) is 34.4 Å². The van der Waals surface area contributed by atoms with Crippen LogP contribution in [0.1, 0.15) is 36.3 Å². The zero-order valence-corrected chi connectivity index (χ0v) is 12.1. The minimum Gasteiger partial charge on any atom is -0.477 e. The number of carbonyl (C=O) groups is 1. The summed E-state index contributed by atoms with van der Waals surface area (Å²) in [7, 11) is 0. The van der Waals surface area contributed by atoms with Crippen LogP contribution in [0.15, 0.2) is 12.3 Å². The van der Waals surface area contributed by atoms with Crippen LogP contribution in [0.25, 0.3) is 0 Å². The first-order valence-electron chi connectivity index (χ1n) is 5.95. The number of carboxylic acids is 1. The molecule has 0 aliphatic carbocycles. The van der Waals surface area contributed by atoms with Crippen molar-refractivity contribution in [2.45, 2.75) is 25.8 Å². The Kier molecular flexibility index (Phi) is 4.09. The van der Waals surface area contributed by atoms with Crippen LogP contribution in [0.5, 0.6) is 0 Å². The molecule has 0 spiro atoms. The van der Waals surface area contributed by atoms with Crippen molar-refractivity contribution < 1.29 is 9.90 Å². The molecule has 1 aliphatic rings. The fourth-order valence-corrected chi connectivity index (χ4v) is 3.06. The quantitative estimate of drug-likeness (QED) is 0.854. The van der Waals surface area contributed by atoms with Gasteiger partial charge in [-0.05, 0) is 54.6 Å². The Morgan fingerprint density at radius 3 is 3.06 bits per heavy atom. The van der Waals surface area contributed by atoms with Crippen LogP contribution in [0.2, 0.25) is 0 Å². The molecule has 94 valence electrons. The molecule has 4 nitrogen and oxygen atoms in total. The van der Waals surface area contributed by atoms with E-state index < -0.39 is 5.97 Å². The third kappa shape index (κ3) is 2.82. The number of piperidine rings is 1. The van der Waals surface area contributed by atoms with Gasteiger partial charge in [-0.25, -0.2) is 4.79 Å². The van der Waals surface area contributed by atoms with Gasteiger partial charge in [-0.3, -0.25) is 0 Å². The number of aromatic nitrogens is 1. The van der Waals surface area contributed by atoms with Crippen LogP contribution in [0.4, 0.5) is 0 Å². The van der Waals surface area contributed by atoms with Crippen molar-refractivity contribution >= 4 is 28.6 Å². The zero-order valence-electron chi connectivity index (χ0n) is 9.90. The largest absolute Gasteiger partial charge is 0.477 e. The third-order valence-electron chi connectivity index (χ3n) is 3.36. The summed E-state index contributed by atoms with van der Waals surface area (Å²) in [5.74, 6) is -0.832. The molecule has 0 bridgehead atoms. The van der Waals surface area contributed by atoms with Crippen LogP contribution >= 0.6 is 22.6 Å². The highest BCUT2D eigenvalue weighted by atomic mass is 127. The molecule has 1 atom stereocenters. The normalized spacial score (nSPS) is 21.6. The van der Waals surface area contributed by atoms with Gasteiger partial charge in [0.15, 0.2) is 0 Å². The van der Waals surface area contributed by atoms with Gasteiger partial charge in [-0.2, -0.15) is 0 Å². The standard InChI is InChI=1S/C12H17IN2O2/c1-2-14-5-3-4-10(8-14)15-7-9(13)6-11(15)12(16)17/h6-7,10H,2-5,8H2,1H3,(H,16,17). The lowest BCUT2D eigenvalue weighted by Crippen LogP contribution is -2.36. The van der Waals surface area contributed by atoms with Gasteiger partial charge >= 0.3 is 5.97 Å². The highest BCUT2D eigenvalue weighted by Gasteiger charge is 2.23. The van der Waals surface area contributed by atoms with E-state index in [4.69, 9.17) is 0 Å². The molecule has 0 amide bonds. The number of rotatable bonds is 3. The van der Waals surface area contributed by atoms with Crippen LogP contribution in [0, 0.1) is 3.57 Å². The van der Waals surface area contributed by atoms with Gasteiger partial charge in [0.05, 0.1) is 0 Å². The average Bonchev–Trinajstić information content (AvgIpc) is 2.72. The Balaban J connectivity index is 2.23. The molecule has 5 heteroatoms. The third-order valence-corrected chi connectivity index (χ3v) is 3.95. The number of hydrogen-bond donors (Lipinski definition) is 1. The lowest BCUT2D eigenvalue weighted by molar-refractivity contribution is 0.0677. The molecule has 1 N–H and O–H groups in total. The molecule has 1 aromatic heterocycles. The van der Waals surface area contributed by atoms with E-state index in [9.17, 15) is 9.90 Å². The second kappa shape index (κ2) is 5.39. The second-order valence-corrected chi connectivity index (χ2v) is 5.69. The smallest absolute Gasteiger partial charge is 0.352 e. The van der Waals surface area contributed by atoms with E-state index in [1.807, 2.05) is 10.8 Å². The van der Waals surface area contributed by atoms with Gasteiger partial charge < -0.3 is 14.6 Å². The Morgan fingerprint density at radius 2 is 2.41 bits per heavy atom. The molecule has 17 heavy (non-hydrogen) atoms. The molecule has 2 rings (SSSR count). The highest BCUT2D eigenvalue weighted by molar-refractivity contribution is 14.1. The molecule has 0 aromatic carbocycles. The zero-order chi connectivity index (χ0) is 12.4. The first-order chi connectivity index (χ1) is 8.11. The van der Waals surface area contributed by atoms with Crippen molar-refractivity contribution in [3.8, 4) is 0 Å². The van der Waals surface area contributed by atoms with E-state index in [1.54, 1.807) is 6.07 Å². The Morgan fingerprint density at radius 1 is 1.65 bits per heavy atom. The first kappa shape index (κ1) is 12.9. The molecule has 1 fully saturated rings. The minimum atomic E-state index is -0.832. The van der Waals surface area contributed by atoms with Crippen molar-refractivity contribution in [3.63, 3.8) is 0 Å². The fourth-order valence-electron chi connectivity index (χ4n) is 2.46. The summed E-state index contributed by atoms with van der Waals surface area (Å²) in [6.07, 6.45) is 4.17. The predicted molar refractivity (Wildman–Crippen MR) is 74.5 cm³/mol. The maximum Gasteiger partial charge on any atom is 0.352 e. The van der Waals surface area contributed by atoms with Gasteiger partial charge in [-0.1, -0.05) is 6.92 Å². The predicted octanol–water partition coefficient (Wildman–Crippen LogP) is 2.45. The Hall–Kier alpha value is -0.560. The minimum absolute atomic E-state index is 0.304. The van der Waals surface area contributed by atoms with E-state index in [0.717, 1.165) is 36.0 Å². The lowest BCUT2D eigenvalue weighted by atomic mass is 10.1. The molecule has 2 heterocycles. The number of nitrogens with zero attached hydrogens (tertiary/aromatic N) is 2. The van der Waals surface area contributed by atoms with Crippen molar-refractivity contribution in [2.24, 2.45) is 0 Å². The summed E-state index contributed by atoms with van der Waals surface area (Å²) in [6.45, 7) is 5.28. The van der Waals surface area contributed by atoms with Crippen LogP contribution in [-0.4, -0.2) is 40.2 Å². The first-order valence-corrected chi connectivity index (χ1v) is 7.02.